The van der Waals surface area contributed by atoms with Crippen LogP contribution in [0.5, 0.6) is 5.75 Å². The predicted octanol–water partition coefficient (Wildman–Crippen LogP) is 2.54. The number of anilines is 1. The van der Waals surface area contributed by atoms with Crippen LogP contribution < -0.4 is 15.4 Å². The number of rotatable bonds is 9. The lowest BCUT2D eigenvalue weighted by Gasteiger charge is -2.20. The van der Waals surface area contributed by atoms with Crippen molar-refractivity contribution in [1.82, 2.24) is 9.62 Å². The van der Waals surface area contributed by atoms with Crippen molar-refractivity contribution in [3.8, 4) is 5.75 Å². The standard InChI is InChI=1S/C22H26N4O7S/c1-3-33-19-10-9-17(14-20(19)34(31,32)25-11-4-5-12-25)24-21(27)15(2)23-22(28)16-7-6-8-18(13-16)26(29)30/h6-10,13-15H,3-5,11-12H2,1-2H3,(H,23,28)(H,24,27). The lowest BCUT2D eigenvalue weighted by atomic mass is 10.1. The fraction of sp³-hybridized carbons (Fsp3) is 0.364. The molecule has 0 aromatic heterocycles. The van der Waals surface area contributed by atoms with Crippen LogP contribution in [0, 0.1) is 10.1 Å². The van der Waals surface area contributed by atoms with Crippen molar-refractivity contribution in [2.75, 3.05) is 25.0 Å². The van der Waals surface area contributed by atoms with Crippen LogP contribution in [0.25, 0.3) is 0 Å². The average molecular weight is 491 g/mol. The number of sulfonamides is 1. The summed E-state index contributed by atoms with van der Waals surface area (Å²) in [5.41, 5.74) is 0.0162. The van der Waals surface area contributed by atoms with Gasteiger partial charge in [0, 0.05) is 36.5 Å². The molecule has 0 spiro atoms. The molecule has 2 amide bonds. The van der Waals surface area contributed by atoms with Crippen LogP contribution in [0.4, 0.5) is 11.4 Å². The minimum Gasteiger partial charge on any atom is -0.492 e. The Morgan fingerprint density at radius 2 is 1.88 bits per heavy atom. The van der Waals surface area contributed by atoms with Gasteiger partial charge in [0.1, 0.15) is 16.7 Å². The number of ether oxygens (including phenoxy) is 1. The normalized spacial score (nSPS) is 14.9. The minimum absolute atomic E-state index is 0.0360. The molecule has 1 saturated heterocycles. The van der Waals surface area contributed by atoms with E-state index in [0.717, 1.165) is 18.9 Å². The molecule has 11 nitrogen and oxygen atoms in total. The highest BCUT2D eigenvalue weighted by atomic mass is 32.2. The Labute approximate surface area is 197 Å². The van der Waals surface area contributed by atoms with Gasteiger partial charge in [-0.1, -0.05) is 6.07 Å². The summed E-state index contributed by atoms with van der Waals surface area (Å²) < 4.78 is 33.1. The van der Waals surface area contributed by atoms with Gasteiger partial charge in [-0.05, 0) is 51.0 Å². The second-order valence-electron chi connectivity index (χ2n) is 7.70. The summed E-state index contributed by atoms with van der Waals surface area (Å²) in [5.74, 6) is -1.05. The Hall–Kier alpha value is -3.51. The number of hydrogen-bond donors (Lipinski definition) is 2. The quantitative estimate of drug-likeness (QED) is 0.405. The van der Waals surface area contributed by atoms with Crippen LogP contribution in [-0.2, 0) is 14.8 Å². The zero-order valence-corrected chi connectivity index (χ0v) is 19.6. The summed E-state index contributed by atoms with van der Waals surface area (Å²) in [5, 5.41) is 16.0. The molecule has 182 valence electrons. The van der Waals surface area contributed by atoms with Crippen LogP contribution in [0.1, 0.15) is 37.0 Å². The van der Waals surface area contributed by atoms with Crippen molar-refractivity contribution in [2.45, 2.75) is 37.6 Å². The summed E-state index contributed by atoms with van der Waals surface area (Å²) in [6, 6.07) is 8.47. The molecule has 1 aliphatic heterocycles. The van der Waals surface area contributed by atoms with Crippen molar-refractivity contribution in [1.29, 1.82) is 0 Å². The van der Waals surface area contributed by atoms with E-state index in [-0.39, 0.29) is 34.2 Å². The molecule has 2 N–H and O–H groups in total. The molecule has 12 heteroatoms. The molecular weight excluding hydrogens is 464 g/mol. The number of carbonyl (C=O) groups excluding carboxylic acids is 2. The molecular formula is C22H26N4O7S. The van der Waals surface area contributed by atoms with Crippen LogP contribution in [0.3, 0.4) is 0 Å². The van der Waals surface area contributed by atoms with Gasteiger partial charge >= 0.3 is 0 Å². The van der Waals surface area contributed by atoms with Gasteiger partial charge in [-0.3, -0.25) is 19.7 Å². The van der Waals surface area contributed by atoms with Crippen molar-refractivity contribution in [3.05, 3.63) is 58.1 Å². The highest BCUT2D eigenvalue weighted by Crippen LogP contribution is 2.31. The summed E-state index contributed by atoms with van der Waals surface area (Å²) in [6.07, 6.45) is 1.56. The van der Waals surface area contributed by atoms with E-state index in [2.05, 4.69) is 10.6 Å². The first-order valence-electron chi connectivity index (χ1n) is 10.8. The highest BCUT2D eigenvalue weighted by Gasteiger charge is 2.30. The molecule has 0 radical (unpaired) electrons. The van der Waals surface area contributed by atoms with Crippen LogP contribution >= 0.6 is 0 Å². The SMILES string of the molecule is CCOc1ccc(NC(=O)C(C)NC(=O)c2cccc([N+](=O)[O-])c2)cc1S(=O)(=O)N1CCCC1. The maximum atomic E-state index is 13.1. The molecule has 1 fully saturated rings. The monoisotopic (exact) mass is 490 g/mol. The number of nitro groups is 1. The van der Waals surface area contributed by atoms with Gasteiger partial charge < -0.3 is 15.4 Å². The number of nitrogens with zero attached hydrogens (tertiary/aromatic N) is 2. The molecule has 1 heterocycles. The van der Waals surface area contributed by atoms with Crippen molar-refractivity contribution in [3.63, 3.8) is 0 Å². The fourth-order valence-corrected chi connectivity index (χ4v) is 5.16. The van der Waals surface area contributed by atoms with Gasteiger partial charge in [0.15, 0.2) is 0 Å². The summed E-state index contributed by atoms with van der Waals surface area (Å²) in [6.45, 7) is 4.31. The van der Waals surface area contributed by atoms with Crippen LogP contribution in [-0.4, -0.2) is 55.2 Å². The second-order valence-corrected chi connectivity index (χ2v) is 9.60. The Balaban J connectivity index is 1.75. The van der Waals surface area contributed by atoms with Gasteiger partial charge in [0.05, 0.1) is 11.5 Å². The van der Waals surface area contributed by atoms with E-state index in [0.29, 0.717) is 13.1 Å². The first-order valence-corrected chi connectivity index (χ1v) is 12.2. The first kappa shape index (κ1) is 25.1. The van der Waals surface area contributed by atoms with Gasteiger partial charge in [-0.25, -0.2) is 8.42 Å². The molecule has 0 bridgehead atoms. The zero-order valence-electron chi connectivity index (χ0n) is 18.8. The van der Waals surface area contributed by atoms with E-state index in [1.807, 2.05) is 0 Å². The minimum atomic E-state index is -3.80. The molecule has 1 unspecified atom stereocenters. The van der Waals surface area contributed by atoms with Crippen LogP contribution in [0.2, 0.25) is 0 Å². The predicted molar refractivity (Wildman–Crippen MR) is 124 cm³/mol. The first-order chi connectivity index (χ1) is 16.1. The fourth-order valence-electron chi connectivity index (χ4n) is 3.49. The topological polar surface area (TPSA) is 148 Å². The molecule has 2 aromatic carbocycles. The van der Waals surface area contributed by atoms with E-state index in [4.69, 9.17) is 4.74 Å². The number of nitro benzene ring substituents is 1. The summed E-state index contributed by atoms with van der Waals surface area (Å²) >= 11 is 0. The van der Waals surface area contributed by atoms with Crippen molar-refractivity contribution < 1.29 is 27.7 Å². The van der Waals surface area contributed by atoms with Crippen LogP contribution in [0.15, 0.2) is 47.4 Å². The summed E-state index contributed by atoms with van der Waals surface area (Å²) in [4.78, 5) is 35.3. The number of nitrogens with one attached hydrogen (secondary N) is 2. The van der Waals surface area contributed by atoms with E-state index in [9.17, 15) is 28.1 Å². The lowest BCUT2D eigenvalue weighted by Crippen LogP contribution is -2.41. The number of benzene rings is 2. The smallest absolute Gasteiger partial charge is 0.270 e. The molecule has 1 atom stereocenters. The maximum Gasteiger partial charge on any atom is 0.270 e. The average Bonchev–Trinajstić information content (AvgIpc) is 3.36. The Morgan fingerprint density at radius 3 is 2.53 bits per heavy atom. The third-order valence-electron chi connectivity index (χ3n) is 5.25. The van der Waals surface area contributed by atoms with E-state index in [1.54, 1.807) is 6.92 Å². The zero-order chi connectivity index (χ0) is 24.9. The Bertz CT molecular complexity index is 1190. The number of hydrogen-bond acceptors (Lipinski definition) is 7. The molecule has 0 saturated carbocycles. The summed E-state index contributed by atoms with van der Waals surface area (Å²) in [7, 11) is -3.80. The van der Waals surface area contributed by atoms with Crippen molar-refractivity contribution >= 4 is 33.2 Å². The second kappa shape index (κ2) is 10.6. The third-order valence-corrected chi connectivity index (χ3v) is 7.17. The maximum absolute atomic E-state index is 13.1. The number of carbonyl (C=O) groups is 2. The molecule has 1 aliphatic rings. The number of non-ortho nitro benzene ring substituents is 1. The number of amides is 2. The van der Waals surface area contributed by atoms with Gasteiger partial charge in [-0.15, -0.1) is 0 Å². The highest BCUT2D eigenvalue weighted by molar-refractivity contribution is 7.89. The van der Waals surface area contributed by atoms with E-state index >= 15 is 0 Å². The lowest BCUT2D eigenvalue weighted by molar-refractivity contribution is -0.384. The van der Waals surface area contributed by atoms with Gasteiger partial charge in [0.2, 0.25) is 15.9 Å². The van der Waals surface area contributed by atoms with Gasteiger partial charge in [-0.2, -0.15) is 4.31 Å². The molecule has 0 aliphatic carbocycles. The Kier molecular flexibility index (Phi) is 7.84. The molecule has 34 heavy (non-hydrogen) atoms. The largest absolute Gasteiger partial charge is 0.492 e. The van der Waals surface area contributed by atoms with E-state index in [1.165, 1.54) is 47.6 Å². The van der Waals surface area contributed by atoms with E-state index < -0.39 is 32.8 Å². The Morgan fingerprint density at radius 1 is 1.18 bits per heavy atom. The molecule has 3 rings (SSSR count). The third kappa shape index (κ3) is 5.69. The van der Waals surface area contributed by atoms with Crippen molar-refractivity contribution in [2.24, 2.45) is 0 Å². The van der Waals surface area contributed by atoms with Gasteiger partial charge in [0.25, 0.3) is 11.6 Å². The molecule has 2 aromatic rings.